The highest BCUT2D eigenvalue weighted by Gasteiger charge is 2.06. The highest BCUT2D eigenvalue weighted by Crippen LogP contribution is 2.30. The molecule has 4 heteroatoms. The van der Waals surface area contributed by atoms with Crippen molar-refractivity contribution in [2.45, 2.75) is 19.8 Å². The maximum atomic E-state index is 6.00. The van der Waals surface area contributed by atoms with Gasteiger partial charge in [0.2, 0.25) is 0 Å². The van der Waals surface area contributed by atoms with E-state index in [1.54, 1.807) is 6.07 Å². The Morgan fingerprint density at radius 1 is 1.15 bits per heavy atom. The van der Waals surface area contributed by atoms with Gasteiger partial charge < -0.3 is 0 Å². The van der Waals surface area contributed by atoms with E-state index in [0.29, 0.717) is 16.0 Å². The molecule has 2 nitrogen and oxygen atoms in total. The van der Waals surface area contributed by atoms with E-state index in [9.17, 15) is 0 Å². The third-order valence-electron chi connectivity index (χ3n) is 1.60. The zero-order valence-corrected chi connectivity index (χ0v) is 8.97. The van der Waals surface area contributed by atoms with Gasteiger partial charge >= 0.3 is 0 Å². The molecule has 0 radical (unpaired) electrons. The first-order chi connectivity index (χ1) is 6.13. The summed E-state index contributed by atoms with van der Waals surface area (Å²) < 4.78 is 0. The Hall–Kier alpha value is -0.280. The molecule has 0 bridgehead atoms. The van der Waals surface area contributed by atoms with Gasteiger partial charge in [0.25, 0.3) is 0 Å². The van der Waals surface area contributed by atoms with Crippen molar-refractivity contribution in [3.8, 4) is 0 Å². The largest absolute Gasteiger partial charge is 0.255 e. The summed E-state index contributed by atoms with van der Waals surface area (Å²) in [5.41, 5.74) is 1.11. The van der Waals surface area contributed by atoms with Crippen LogP contribution in [0.3, 0.4) is 0 Å². The molecule has 0 aliphatic carbocycles. The van der Waals surface area contributed by atoms with Gasteiger partial charge in [0, 0.05) is 0 Å². The van der Waals surface area contributed by atoms with Crippen molar-refractivity contribution in [1.29, 1.82) is 0 Å². The first-order valence-corrected chi connectivity index (χ1v) is 4.52. The smallest absolute Gasteiger partial charge is 0.0626 e. The molecule has 1 aromatic rings. The van der Waals surface area contributed by atoms with Crippen LogP contribution in [0.1, 0.15) is 25.3 Å². The molecular formula is C9H12Cl2O2. The summed E-state index contributed by atoms with van der Waals surface area (Å²) in [6, 6.07) is 5.72. The number of hydrogen-bond donors (Lipinski definition) is 2. The zero-order valence-electron chi connectivity index (χ0n) is 7.46. The van der Waals surface area contributed by atoms with Gasteiger partial charge in [0.05, 0.1) is 10.0 Å². The average Bonchev–Trinajstić information content (AvgIpc) is 2.13. The zero-order chi connectivity index (χ0) is 10.4. The van der Waals surface area contributed by atoms with Crippen LogP contribution in [0.15, 0.2) is 18.2 Å². The van der Waals surface area contributed by atoms with Crippen molar-refractivity contribution < 1.29 is 10.5 Å². The van der Waals surface area contributed by atoms with Crippen molar-refractivity contribution >= 4 is 23.2 Å². The first-order valence-electron chi connectivity index (χ1n) is 3.77. The van der Waals surface area contributed by atoms with Crippen LogP contribution in [-0.2, 0) is 0 Å². The number of halogens is 2. The molecule has 0 amide bonds. The highest BCUT2D eigenvalue weighted by molar-refractivity contribution is 6.42. The molecule has 13 heavy (non-hydrogen) atoms. The molecular weight excluding hydrogens is 211 g/mol. The van der Waals surface area contributed by atoms with Gasteiger partial charge in [0.15, 0.2) is 0 Å². The summed E-state index contributed by atoms with van der Waals surface area (Å²) in [6.45, 7) is 4.19. The van der Waals surface area contributed by atoms with Gasteiger partial charge in [-0.05, 0) is 17.5 Å². The molecule has 1 aromatic carbocycles. The number of benzene rings is 1. The van der Waals surface area contributed by atoms with Crippen molar-refractivity contribution in [1.82, 2.24) is 0 Å². The van der Waals surface area contributed by atoms with Crippen molar-refractivity contribution in [3.63, 3.8) is 0 Å². The second-order valence-corrected chi connectivity index (χ2v) is 3.58. The average molecular weight is 223 g/mol. The minimum Gasteiger partial charge on any atom is -0.255 e. The molecule has 0 spiro atoms. The molecule has 0 heterocycles. The fraction of sp³-hybridized carbons (Fsp3) is 0.333. The summed E-state index contributed by atoms with van der Waals surface area (Å²) in [5, 5.41) is 13.3. The maximum absolute atomic E-state index is 6.00. The molecule has 0 aromatic heterocycles. The highest BCUT2D eigenvalue weighted by atomic mass is 35.5. The van der Waals surface area contributed by atoms with Gasteiger partial charge in [-0.15, -0.1) is 0 Å². The second kappa shape index (κ2) is 6.22. The molecule has 1 rings (SSSR count). The molecule has 0 saturated heterocycles. The molecule has 74 valence electrons. The lowest BCUT2D eigenvalue weighted by Crippen LogP contribution is -1.88. The van der Waals surface area contributed by atoms with Gasteiger partial charge in [-0.2, -0.15) is 0 Å². The lowest BCUT2D eigenvalue weighted by atomic mass is 10.0. The fourth-order valence-electron chi connectivity index (χ4n) is 0.966. The minimum atomic E-state index is 0.432. The third-order valence-corrected chi connectivity index (χ3v) is 2.44. The van der Waals surface area contributed by atoms with E-state index in [0.717, 1.165) is 5.56 Å². The van der Waals surface area contributed by atoms with E-state index >= 15 is 0 Å². The Balaban J connectivity index is 0.000000671. The van der Waals surface area contributed by atoms with E-state index in [4.69, 9.17) is 33.7 Å². The molecule has 2 N–H and O–H groups in total. The van der Waals surface area contributed by atoms with Crippen molar-refractivity contribution in [2.24, 2.45) is 0 Å². The van der Waals surface area contributed by atoms with Crippen LogP contribution in [0.4, 0.5) is 0 Å². The van der Waals surface area contributed by atoms with Crippen molar-refractivity contribution in [2.75, 3.05) is 0 Å². The Morgan fingerprint density at radius 3 is 2.08 bits per heavy atom. The van der Waals surface area contributed by atoms with Crippen LogP contribution in [0.5, 0.6) is 0 Å². The monoisotopic (exact) mass is 222 g/mol. The van der Waals surface area contributed by atoms with Crippen LogP contribution in [0, 0.1) is 0 Å². The quantitative estimate of drug-likeness (QED) is 0.554. The predicted octanol–water partition coefficient (Wildman–Crippen LogP) is 4.13. The van der Waals surface area contributed by atoms with Crippen LogP contribution < -0.4 is 0 Å². The lowest BCUT2D eigenvalue weighted by Gasteiger charge is -2.07. The molecule has 0 atom stereocenters. The van der Waals surface area contributed by atoms with Crippen LogP contribution in [0.25, 0.3) is 0 Å². The summed E-state index contributed by atoms with van der Waals surface area (Å²) in [7, 11) is 0. The van der Waals surface area contributed by atoms with E-state index in [-0.39, 0.29) is 0 Å². The number of rotatable bonds is 1. The Labute approximate surface area is 87.7 Å². The topological polar surface area (TPSA) is 40.5 Å². The van der Waals surface area contributed by atoms with Crippen LogP contribution >= 0.6 is 23.2 Å². The van der Waals surface area contributed by atoms with Gasteiger partial charge in [-0.3, -0.25) is 10.5 Å². The molecule has 0 fully saturated rings. The lowest BCUT2D eigenvalue weighted by molar-refractivity contribution is -0.176. The van der Waals surface area contributed by atoms with Crippen molar-refractivity contribution in [3.05, 3.63) is 33.8 Å². The molecule has 0 unspecified atom stereocenters. The Morgan fingerprint density at radius 2 is 1.69 bits per heavy atom. The minimum absolute atomic E-state index is 0.432. The second-order valence-electron chi connectivity index (χ2n) is 2.80. The molecule has 0 aliphatic heterocycles. The first kappa shape index (κ1) is 12.7. The summed E-state index contributed by atoms with van der Waals surface area (Å²) in [5.74, 6) is 0.432. The maximum Gasteiger partial charge on any atom is 0.0626 e. The van der Waals surface area contributed by atoms with E-state index in [2.05, 4.69) is 13.8 Å². The van der Waals surface area contributed by atoms with E-state index in [1.165, 1.54) is 0 Å². The standard InChI is InChI=1S/C9H10Cl2.H2O2/c1-6(2)7-4-3-5-8(10)9(7)11;1-2/h3-6H,1-2H3;1-2H. The van der Waals surface area contributed by atoms with Crippen LogP contribution in [-0.4, -0.2) is 10.5 Å². The molecule has 0 saturated carbocycles. The van der Waals surface area contributed by atoms with Gasteiger partial charge in [0.1, 0.15) is 0 Å². The Kier molecular flexibility index (Phi) is 6.08. The van der Waals surface area contributed by atoms with E-state index < -0.39 is 0 Å². The van der Waals surface area contributed by atoms with E-state index in [1.807, 2.05) is 12.1 Å². The summed E-state index contributed by atoms with van der Waals surface area (Å²) >= 11 is 11.8. The number of hydrogen-bond acceptors (Lipinski definition) is 2. The van der Waals surface area contributed by atoms with Crippen LogP contribution in [0.2, 0.25) is 10.0 Å². The summed E-state index contributed by atoms with van der Waals surface area (Å²) in [4.78, 5) is 0. The third kappa shape index (κ3) is 3.53. The normalized spacial score (nSPS) is 9.46. The predicted molar refractivity (Wildman–Crippen MR) is 55.8 cm³/mol. The van der Waals surface area contributed by atoms with Gasteiger partial charge in [-0.25, -0.2) is 0 Å². The van der Waals surface area contributed by atoms with Gasteiger partial charge in [-0.1, -0.05) is 49.2 Å². The summed E-state index contributed by atoms with van der Waals surface area (Å²) in [6.07, 6.45) is 0. The Bertz CT molecular complexity index is 262. The fourth-order valence-corrected chi connectivity index (χ4v) is 1.49. The molecule has 0 aliphatic rings. The SMILES string of the molecule is CC(C)c1cccc(Cl)c1Cl.OO.